The summed E-state index contributed by atoms with van der Waals surface area (Å²) in [5.41, 5.74) is -0.997. The van der Waals surface area contributed by atoms with Crippen LogP contribution >= 0.6 is 11.6 Å². The van der Waals surface area contributed by atoms with Crippen molar-refractivity contribution in [2.75, 3.05) is 18.0 Å². The molecular formula is C19H20ClF3N4O2. The predicted octanol–water partition coefficient (Wildman–Crippen LogP) is 4.29. The van der Waals surface area contributed by atoms with Crippen molar-refractivity contribution in [3.63, 3.8) is 0 Å². The Morgan fingerprint density at radius 1 is 1.14 bits per heavy atom. The van der Waals surface area contributed by atoms with Crippen LogP contribution in [0.25, 0.3) is 10.9 Å². The van der Waals surface area contributed by atoms with Crippen LogP contribution in [0.15, 0.2) is 6.07 Å². The Kier molecular flexibility index (Phi) is 4.76. The third kappa shape index (κ3) is 3.56. The molecule has 0 saturated carbocycles. The highest BCUT2D eigenvalue weighted by atomic mass is 35.5. The zero-order valence-corrected chi connectivity index (χ0v) is 16.9. The average molecular weight is 429 g/mol. The van der Waals surface area contributed by atoms with Crippen LogP contribution in [0.5, 0.6) is 0 Å². The Morgan fingerprint density at radius 2 is 1.76 bits per heavy atom. The number of carbonyl (C=O) groups is 1. The number of hydrogen-bond acceptors (Lipinski definition) is 5. The van der Waals surface area contributed by atoms with Gasteiger partial charge < -0.3 is 9.64 Å². The Labute approximate surface area is 170 Å². The lowest BCUT2D eigenvalue weighted by molar-refractivity contribution is 0.0123. The summed E-state index contributed by atoms with van der Waals surface area (Å²) in [5, 5.41) is -0.614. The summed E-state index contributed by atoms with van der Waals surface area (Å²) in [6.45, 7) is 6.02. The number of carbonyl (C=O) groups excluding carboxylic acids is 1. The highest BCUT2D eigenvalue weighted by Crippen LogP contribution is 2.37. The highest BCUT2D eigenvalue weighted by Gasteiger charge is 2.45. The van der Waals surface area contributed by atoms with Gasteiger partial charge in [-0.25, -0.2) is 22.9 Å². The SMILES string of the molecule is CC(C)(C)OC(=O)N1C2CCC1CN(c1nc(Cl)nc3c(F)cc(F)c(F)c13)C2. The summed E-state index contributed by atoms with van der Waals surface area (Å²) < 4.78 is 48.1. The molecular weight excluding hydrogens is 409 g/mol. The smallest absolute Gasteiger partial charge is 0.410 e. The molecule has 2 unspecified atom stereocenters. The van der Waals surface area contributed by atoms with Crippen molar-refractivity contribution in [2.45, 2.75) is 51.3 Å². The third-order valence-corrected chi connectivity index (χ3v) is 5.33. The van der Waals surface area contributed by atoms with Gasteiger partial charge in [0.15, 0.2) is 17.5 Å². The van der Waals surface area contributed by atoms with E-state index < -0.39 is 29.1 Å². The van der Waals surface area contributed by atoms with Gasteiger partial charge in [-0.1, -0.05) is 0 Å². The molecule has 1 aromatic heterocycles. The van der Waals surface area contributed by atoms with E-state index in [1.807, 2.05) is 0 Å². The lowest BCUT2D eigenvalue weighted by Crippen LogP contribution is -2.57. The Morgan fingerprint density at radius 3 is 2.34 bits per heavy atom. The summed E-state index contributed by atoms with van der Waals surface area (Å²) in [7, 11) is 0. The Balaban J connectivity index is 1.70. The van der Waals surface area contributed by atoms with Gasteiger partial charge in [-0.2, -0.15) is 4.98 Å². The molecule has 1 amide bonds. The van der Waals surface area contributed by atoms with Crippen molar-refractivity contribution in [3.8, 4) is 0 Å². The van der Waals surface area contributed by atoms with Crippen LogP contribution in [0.4, 0.5) is 23.8 Å². The molecule has 156 valence electrons. The quantitative estimate of drug-likeness (QED) is 0.501. The van der Waals surface area contributed by atoms with E-state index in [1.165, 1.54) is 0 Å². The molecule has 2 aromatic rings. The number of nitrogens with zero attached hydrogens (tertiary/aromatic N) is 4. The molecule has 4 rings (SSSR count). The van der Waals surface area contributed by atoms with Crippen LogP contribution in [-0.2, 0) is 4.74 Å². The fourth-order valence-corrected chi connectivity index (χ4v) is 4.24. The van der Waals surface area contributed by atoms with Crippen LogP contribution < -0.4 is 4.90 Å². The van der Waals surface area contributed by atoms with E-state index in [-0.39, 0.29) is 34.1 Å². The minimum Gasteiger partial charge on any atom is -0.444 e. The van der Waals surface area contributed by atoms with Crippen molar-refractivity contribution in [2.24, 2.45) is 0 Å². The Hall–Kier alpha value is -2.29. The van der Waals surface area contributed by atoms with Gasteiger partial charge >= 0.3 is 6.09 Å². The number of amides is 1. The minimum absolute atomic E-state index is 0.0247. The molecule has 2 aliphatic heterocycles. The minimum atomic E-state index is -1.32. The first-order valence-corrected chi connectivity index (χ1v) is 9.70. The molecule has 0 N–H and O–H groups in total. The van der Waals surface area contributed by atoms with Gasteiger partial charge in [0.1, 0.15) is 16.9 Å². The second-order valence-corrected chi connectivity index (χ2v) is 8.71. The zero-order valence-electron chi connectivity index (χ0n) is 16.2. The Bertz CT molecular complexity index is 984. The molecule has 1 aromatic carbocycles. The fourth-order valence-electron chi connectivity index (χ4n) is 4.08. The maximum Gasteiger partial charge on any atom is 0.410 e. The number of fused-ring (bicyclic) bond motifs is 3. The van der Waals surface area contributed by atoms with E-state index in [2.05, 4.69) is 9.97 Å². The first-order chi connectivity index (χ1) is 13.5. The monoisotopic (exact) mass is 428 g/mol. The second-order valence-electron chi connectivity index (χ2n) is 8.37. The van der Waals surface area contributed by atoms with Gasteiger partial charge in [0.25, 0.3) is 0 Å². The van der Waals surface area contributed by atoms with Crippen molar-refractivity contribution in [1.82, 2.24) is 14.9 Å². The van der Waals surface area contributed by atoms with E-state index in [1.54, 1.807) is 30.6 Å². The number of aromatic nitrogens is 2. The fraction of sp³-hybridized carbons (Fsp3) is 0.526. The number of benzene rings is 1. The summed E-state index contributed by atoms with van der Waals surface area (Å²) in [6, 6.07) is 0.0669. The van der Waals surface area contributed by atoms with Gasteiger partial charge in [-0.15, -0.1) is 0 Å². The van der Waals surface area contributed by atoms with Gasteiger partial charge in [-0.05, 0) is 45.2 Å². The number of halogens is 4. The molecule has 0 radical (unpaired) electrons. The molecule has 2 bridgehead atoms. The standard InChI is InChI=1S/C19H20ClF3N4O2/c1-19(2,3)29-18(28)27-9-4-5-10(27)8-26(7-9)16-13-14(23)11(21)6-12(22)15(13)24-17(20)25-16/h6,9-10H,4-5,7-8H2,1-3H3. The van der Waals surface area contributed by atoms with Crippen LogP contribution in [0.2, 0.25) is 5.28 Å². The lowest BCUT2D eigenvalue weighted by atomic mass is 10.1. The van der Waals surface area contributed by atoms with E-state index in [4.69, 9.17) is 16.3 Å². The van der Waals surface area contributed by atoms with E-state index in [0.29, 0.717) is 19.2 Å². The average Bonchev–Trinajstić information content (AvgIpc) is 2.88. The molecule has 2 saturated heterocycles. The van der Waals surface area contributed by atoms with Gasteiger partial charge in [0, 0.05) is 19.2 Å². The predicted molar refractivity (Wildman–Crippen MR) is 102 cm³/mol. The van der Waals surface area contributed by atoms with Crippen molar-refractivity contribution in [3.05, 3.63) is 28.8 Å². The molecule has 3 heterocycles. The molecule has 29 heavy (non-hydrogen) atoms. The second kappa shape index (κ2) is 6.90. The number of ether oxygens (including phenoxy) is 1. The number of hydrogen-bond donors (Lipinski definition) is 0. The van der Waals surface area contributed by atoms with Gasteiger partial charge in [0.2, 0.25) is 5.28 Å². The molecule has 2 atom stereocenters. The van der Waals surface area contributed by atoms with Crippen LogP contribution in [0.3, 0.4) is 0 Å². The van der Waals surface area contributed by atoms with E-state index in [0.717, 1.165) is 12.8 Å². The van der Waals surface area contributed by atoms with Gasteiger partial charge in [0.05, 0.1) is 17.5 Å². The molecule has 0 spiro atoms. The van der Waals surface area contributed by atoms with E-state index >= 15 is 0 Å². The first kappa shape index (κ1) is 20.0. The van der Waals surface area contributed by atoms with Crippen LogP contribution in [0, 0.1) is 17.5 Å². The molecule has 6 nitrogen and oxygen atoms in total. The summed E-state index contributed by atoms with van der Waals surface area (Å²) in [5.74, 6) is -3.54. The first-order valence-electron chi connectivity index (χ1n) is 9.32. The van der Waals surface area contributed by atoms with Crippen molar-refractivity contribution < 1.29 is 22.7 Å². The third-order valence-electron chi connectivity index (χ3n) is 5.16. The normalized spacial score (nSPS) is 21.8. The van der Waals surface area contributed by atoms with Crippen LogP contribution in [-0.4, -0.2) is 51.7 Å². The topological polar surface area (TPSA) is 58.6 Å². The molecule has 10 heteroatoms. The summed E-state index contributed by atoms with van der Waals surface area (Å²) in [4.78, 5) is 23.8. The molecule has 2 fully saturated rings. The lowest BCUT2D eigenvalue weighted by Gasteiger charge is -2.42. The highest BCUT2D eigenvalue weighted by molar-refractivity contribution is 6.28. The zero-order chi connectivity index (χ0) is 21.1. The van der Waals surface area contributed by atoms with Crippen molar-refractivity contribution in [1.29, 1.82) is 0 Å². The maximum absolute atomic E-state index is 14.6. The number of piperazine rings is 1. The van der Waals surface area contributed by atoms with Crippen molar-refractivity contribution >= 4 is 34.4 Å². The largest absolute Gasteiger partial charge is 0.444 e. The summed E-state index contributed by atoms with van der Waals surface area (Å²) in [6.07, 6.45) is 1.07. The maximum atomic E-state index is 14.6. The molecule has 2 aliphatic rings. The van der Waals surface area contributed by atoms with Crippen LogP contribution in [0.1, 0.15) is 33.6 Å². The summed E-state index contributed by atoms with van der Waals surface area (Å²) >= 11 is 5.93. The number of anilines is 1. The van der Waals surface area contributed by atoms with E-state index in [9.17, 15) is 18.0 Å². The molecule has 0 aliphatic carbocycles. The number of rotatable bonds is 1. The van der Waals surface area contributed by atoms with Gasteiger partial charge in [-0.3, -0.25) is 4.90 Å².